The maximum absolute atomic E-state index is 12.0. The highest BCUT2D eigenvalue weighted by atomic mass is 35.5. The lowest BCUT2D eigenvalue weighted by atomic mass is 10.2. The van der Waals surface area contributed by atoms with E-state index in [1.54, 1.807) is 12.1 Å². The molecule has 0 unspecified atom stereocenters. The van der Waals surface area contributed by atoms with Crippen LogP contribution in [-0.2, 0) is 14.8 Å². The predicted octanol–water partition coefficient (Wildman–Crippen LogP) is 2.85. The van der Waals surface area contributed by atoms with Gasteiger partial charge in [0.1, 0.15) is 0 Å². The maximum Gasteiger partial charge on any atom is 0.239 e. The van der Waals surface area contributed by atoms with Gasteiger partial charge in [-0.25, -0.2) is 8.42 Å². The van der Waals surface area contributed by atoms with Crippen molar-refractivity contribution < 1.29 is 13.2 Å². The van der Waals surface area contributed by atoms with Crippen LogP contribution in [-0.4, -0.2) is 38.0 Å². The van der Waals surface area contributed by atoms with Crippen LogP contribution in [0.3, 0.4) is 0 Å². The van der Waals surface area contributed by atoms with Crippen LogP contribution in [0.2, 0.25) is 10.0 Å². The fraction of sp³-hybridized carbons (Fsp3) is 0.462. The van der Waals surface area contributed by atoms with Gasteiger partial charge in [-0.05, 0) is 24.1 Å². The first-order chi connectivity index (χ1) is 9.59. The predicted molar refractivity (Wildman–Crippen MR) is 86.3 cm³/mol. The topological polar surface area (TPSA) is 66.5 Å². The second-order valence-electron chi connectivity index (χ2n) is 5.13. The number of sulfonamides is 1. The highest BCUT2D eigenvalue weighted by Crippen LogP contribution is 2.24. The van der Waals surface area contributed by atoms with Crippen LogP contribution in [0, 0.1) is 5.92 Å². The quantitative estimate of drug-likeness (QED) is 0.855. The summed E-state index contributed by atoms with van der Waals surface area (Å²) in [4.78, 5) is 12.0. The van der Waals surface area contributed by atoms with Gasteiger partial charge in [0.25, 0.3) is 0 Å². The fourth-order valence-electron chi connectivity index (χ4n) is 1.66. The summed E-state index contributed by atoms with van der Waals surface area (Å²) in [5.41, 5.74) is 0.465. The Balaban J connectivity index is 2.76. The zero-order valence-corrected chi connectivity index (χ0v) is 14.4. The second-order valence-corrected chi connectivity index (χ2v) is 7.92. The largest absolute Gasteiger partial charge is 0.325 e. The van der Waals surface area contributed by atoms with Crippen LogP contribution in [0.25, 0.3) is 0 Å². The molecule has 0 fully saturated rings. The van der Waals surface area contributed by atoms with Gasteiger partial charge in [0.2, 0.25) is 15.9 Å². The van der Waals surface area contributed by atoms with Crippen LogP contribution in [0.15, 0.2) is 18.2 Å². The van der Waals surface area contributed by atoms with E-state index in [1.165, 1.54) is 6.07 Å². The molecule has 118 valence electrons. The summed E-state index contributed by atoms with van der Waals surface area (Å²) in [5.74, 6) is -0.308. The van der Waals surface area contributed by atoms with E-state index in [4.69, 9.17) is 23.2 Å². The lowest BCUT2D eigenvalue weighted by Gasteiger charge is -2.21. The molecule has 8 heteroatoms. The number of carbonyl (C=O) groups excluding carboxylic acids is 1. The van der Waals surface area contributed by atoms with Gasteiger partial charge in [-0.1, -0.05) is 37.0 Å². The van der Waals surface area contributed by atoms with E-state index >= 15 is 0 Å². The molecule has 0 saturated carbocycles. The number of carbonyl (C=O) groups is 1. The first kappa shape index (κ1) is 18.2. The third-order valence-electron chi connectivity index (χ3n) is 2.56. The van der Waals surface area contributed by atoms with Crippen molar-refractivity contribution in [2.24, 2.45) is 5.92 Å². The number of anilines is 1. The number of halogens is 2. The molecule has 1 rings (SSSR count). The Hall–Kier alpha value is -0.820. The Morgan fingerprint density at radius 1 is 1.29 bits per heavy atom. The highest BCUT2D eigenvalue weighted by molar-refractivity contribution is 7.88. The van der Waals surface area contributed by atoms with E-state index in [0.29, 0.717) is 15.7 Å². The zero-order valence-electron chi connectivity index (χ0n) is 12.1. The molecule has 1 amide bonds. The van der Waals surface area contributed by atoms with E-state index in [1.807, 2.05) is 13.8 Å². The summed E-state index contributed by atoms with van der Waals surface area (Å²) in [6, 6.07) is 4.66. The van der Waals surface area contributed by atoms with Crippen molar-refractivity contribution >= 4 is 44.8 Å². The zero-order chi connectivity index (χ0) is 16.2. The van der Waals surface area contributed by atoms with Crippen molar-refractivity contribution in [1.29, 1.82) is 0 Å². The minimum atomic E-state index is -3.44. The third-order valence-corrected chi connectivity index (χ3v) is 4.52. The second kappa shape index (κ2) is 7.45. The normalized spacial score (nSPS) is 12.0. The fourth-order valence-corrected chi connectivity index (χ4v) is 2.88. The molecule has 0 radical (unpaired) electrons. The Morgan fingerprint density at radius 3 is 2.38 bits per heavy atom. The smallest absolute Gasteiger partial charge is 0.239 e. The molecule has 1 aromatic carbocycles. The summed E-state index contributed by atoms with van der Waals surface area (Å²) in [7, 11) is -3.44. The Bertz CT molecular complexity index is 618. The molecule has 0 aromatic heterocycles. The van der Waals surface area contributed by atoms with Crippen LogP contribution in [0.4, 0.5) is 5.69 Å². The van der Waals surface area contributed by atoms with Gasteiger partial charge in [0.05, 0.1) is 22.8 Å². The molecule has 1 aromatic rings. The van der Waals surface area contributed by atoms with Gasteiger partial charge < -0.3 is 5.32 Å². The molecule has 0 saturated heterocycles. The Morgan fingerprint density at radius 2 is 1.90 bits per heavy atom. The molecule has 21 heavy (non-hydrogen) atoms. The molecule has 1 N–H and O–H groups in total. The van der Waals surface area contributed by atoms with Gasteiger partial charge in [0.15, 0.2) is 0 Å². The molecular formula is C13H18Cl2N2O3S. The first-order valence-electron chi connectivity index (χ1n) is 6.29. The van der Waals surface area contributed by atoms with Crippen molar-refractivity contribution in [1.82, 2.24) is 4.31 Å². The average molecular weight is 353 g/mol. The Labute approximate surface area is 135 Å². The third kappa shape index (κ3) is 6.22. The monoisotopic (exact) mass is 352 g/mol. The molecule has 0 heterocycles. The standard InChI is InChI=1S/C13H18Cl2N2O3S/c1-9(2)7-17(21(3,19)20)8-13(18)16-10-4-5-11(14)12(15)6-10/h4-6,9H,7-8H2,1-3H3,(H,16,18). The summed E-state index contributed by atoms with van der Waals surface area (Å²) in [6.45, 7) is 3.81. The van der Waals surface area contributed by atoms with Gasteiger partial charge in [-0.2, -0.15) is 4.31 Å². The van der Waals surface area contributed by atoms with Gasteiger partial charge in [-0.15, -0.1) is 0 Å². The number of amides is 1. The van der Waals surface area contributed by atoms with Gasteiger partial charge in [-0.3, -0.25) is 4.79 Å². The van der Waals surface area contributed by atoms with Crippen molar-refractivity contribution in [3.05, 3.63) is 28.2 Å². The van der Waals surface area contributed by atoms with Gasteiger partial charge in [0, 0.05) is 12.2 Å². The van der Waals surface area contributed by atoms with Crippen molar-refractivity contribution in [3.8, 4) is 0 Å². The first-order valence-corrected chi connectivity index (χ1v) is 8.90. The number of hydrogen-bond donors (Lipinski definition) is 1. The van der Waals surface area contributed by atoms with Gasteiger partial charge >= 0.3 is 0 Å². The van der Waals surface area contributed by atoms with Crippen molar-refractivity contribution in [3.63, 3.8) is 0 Å². The average Bonchev–Trinajstić information content (AvgIpc) is 2.31. The van der Waals surface area contributed by atoms with Crippen LogP contribution in [0.5, 0.6) is 0 Å². The van der Waals surface area contributed by atoms with Crippen molar-refractivity contribution in [2.75, 3.05) is 24.7 Å². The van der Waals surface area contributed by atoms with Crippen molar-refractivity contribution in [2.45, 2.75) is 13.8 Å². The number of hydrogen-bond acceptors (Lipinski definition) is 3. The lowest BCUT2D eigenvalue weighted by Crippen LogP contribution is -2.39. The number of rotatable bonds is 6. The molecule has 5 nitrogen and oxygen atoms in total. The van der Waals surface area contributed by atoms with E-state index < -0.39 is 15.9 Å². The maximum atomic E-state index is 12.0. The SMILES string of the molecule is CC(C)CN(CC(=O)Nc1ccc(Cl)c(Cl)c1)S(C)(=O)=O. The summed E-state index contributed by atoms with van der Waals surface area (Å²) < 4.78 is 24.5. The molecular weight excluding hydrogens is 335 g/mol. The summed E-state index contributed by atoms with van der Waals surface area (Å²) >= 11 is 11.6. The number of nitrogens with zero attached hydrogens (tertiary/aromatic N) is 1. The van der Waals surface area contributed by atoms with E-state index in [2.05, 4.69) is 5.32 Å². The molecule has 0 bridgehead atoms. The lowest BCUT2D eigenvalue weighted by molar-refractivity contribution is -0.116. The van der Waals surface area contributed by atoms with E-state index in [0.717, 1.165) is 10.6 Å². The number of nitrogens with one attached hydrogen (secondary N) is 1. The summed E-state index contributed by atoms with van der Waals surface area (Å²) in [6.07, 6.45) is 1.09. The molecule has 0 atom stereocenters. The summed E-state index contributed by atoms with van der Waals surface area (Å²) in [5, 5.41) is 3.30. The molecule has 0 spiro atoms. The molecule has 0 aliphatic rings. The van der Waals surface area contributed by atoms with E-state index in [9.17, 15) is 13.2 Å². The molecule has 0 aliphatic carbocycles. The number of benzene rings is 1. The van der Waals surface area contributed by atoms with Crippen LogP contribution < -0.4 is 5.32 Å². The Kier molecular flexibility index (Phi) is 6.46. The van der Waals surface area contributed by atoms with Crippen LogP contribution in [0.1, 0.15) is 13.8 Å². The minimum absolute atomic E-state index is 0.123. The highest BCUT2D eigenvalue weighted by Gasteiger charge is 2.21. The minimum Gasteiger partial charge on any atom is -0.325 e. The molecule has 0 aliphatic heterocycles. The van der Waals surface area contributed by atoms with E-state index in [-0.39, 0.29) is 19.0 Å². The van der Waals surface area contributed by atoms with Crippen LogP contribution >= 0.6 is 23.2 Å².